The van der Waals surface area contributed by atoms with Gasteiger partial charge in [0.15, 0.2) is 5.43 Å². The first-order chi connectivity index (χ1) is 19.0. The van der Waals surface area contributed by atoms with Gasteiger partial charge in [-0.2, -0.15) is 0 Å². The molecule has 6 rings (SSSR count). The Hall–Kier alpha value is -4.65. The second-order valence-electron chi connectivity index (χ2n) is 9.99. The van der Waals surface area contributed by atoms with Gasteiger partial charge in [-0.05, 0) is 37.0 Å². The summed E-state index contributed by atoms with van der Waals surface area (Å²) in [6.45, 7) is 1.39. The SMILES string of the molecule is O=C(C[C@H](c1ccnc2ccccc12)c1c(O)cc(O)c2c(=O)cc(-c3ccccc3)oc12)N1CCCCC1. The number of nitrogens with zero attached hydrogens (tertiary/aromatic N) is 2. The molecule has 1 aliphatic rings. The van der Waals surface area contributed by atoms with E-state index < -0.39 is 11.3 Å². The molecule has 0 aliphatic carbocycles. The summed E-state index contributed by atoms with van der Waals surface area (Å²) >= 11 is 0. The van der Waals surface area contributed by atoms with Crippen molar-refractivity contribution in [2.24, 2.45) is 0 Å². The maximum Gasteiger partial charge on any atom is 0.223 e. The van der Waals surface area contributed by atoms with Crippen LogP contribution in [-0.4, -0.2) is 39.1 Å². The van der Waals surface area contributed by atoms with Crippen molar-refractivity contribution in [1.29, 1.82) is 0 Å². The second-order valence-corrected chi connectivity index (χ2v) is 9.99. The van der Waals surface area contributed by atoms with Gasteiger partial charge in [-0.25, -0.2) is 0 Å². The van der Waals surface area contributed by atoms with E-state index in [1.165, 1.54) is 12.1 Å². The van der Waals surface area contributed by atoms with E-state index in [0.29, 0.717) is 30.0 Å². The number of para-hydroxylation sites is 1. The molecular formula is C32H28N2O5. The summed E-state index contributed by atoms with van der Waals surface area (Å²) in [5.41, 5.74) is 2.13. The average molecular weight is 521 g/mol. The Morgan fingerprint density at radius 3 is 2.46 bits per heavy atom. The van der Waals surface area contributed by atoms with Crippen LogP contribution in [0.4, 0.5) is 0 Å². The molecule has 5 aromatic rings. The molecule has 196 valence electrons. The van der Waals surface area contributed by atoms with Gasteiger partial charge in [0.2, 0.25) is 5.91 Å². The van der Waals surface area contributed by atoms with Gasteiger partial charge in [0, 0.05) is 60.3 Å². The molecule has 1 atom stereocenters. The summed E-state index contributed by atoms with van der Waals surface area (Å²) in [6.07, 6.45) is 4.75. The maximum atomic E-state index is 13.6. The van der Waals surface area contributed by atoms with Crippen LogP contribution in [0.5, 0.6) is 11.5 Å². The predicted molar refractivity (Wildman–Crippen MR) is 150 cm³/mol. The van der Waals surface area contributed by atoms with Crippen LogP contribution in [0.25, 0.3) is 33.2 Å². The van der Waals surface area contributed by atoms with Gasteiger partial charge in [0.1, 0.15) is 28.2 Å². The van der Waals surface area contributed by atoms with E-state index in [1.54, 1.807) is 6.20 Å². The van der Waals surface area contributed by atoms with Crippen LogP contribution >= 0.6 is 0 Å². The molecule has 39 heavy (non-hydrogen) atoms. The van der Waals surface area contributed by atoms with Crippen LogP contribution in [0.15, 0.2) is 88.2 Å². The van der Waals surface area contributed by atoms with Gasteiger partial charge >= 0.3 is 0 Å². The van der Waals surface area contributed by atoms with E-state index in [0.717, 1.165) is 35.7 Å². The van der Waals surface area contributed by atoms with E-state index in [4.69, 9.17) is 4.42 Å². The van der Waals surface area contributed by atoms with E-state index >= 15 is 0 Å². The van der Waals surface area contributed by atoms with Crippen LogP contribution in [0.1, 0.15) is 42.7 Å². The van der Waals surface area contributed by atoms with Crippen LogP contribution in [0, 0.1) is 0 Å². The minimum absolute atomic E-state index is 0.0312. The first kappa shape index (κ1) is 24.7. The number of carbonyl (C=O) groups is 1. The normalized spacial score (nSPS) is 14.5. The number of phenols is 2. The van der Waals surface area contributed by atoms with Crippen LogP contribution in [-0.2, 0) is 4.79 Å². The van der Waals surface area contributed by atoms with Gasteiger partial charge < -0.3 is 19.5 Å². The average Bonchev–Trinajstić information content (AvgIpc) is 2.96. The van der Waals surface area contributed by atoms with Gasteiger partial charge in [-0.1, -0.05) is 48.5 Å². The molecule has 3 heterocycles. The quantitative estimate of drug-likeness (QED) is 0.297. The first-order valence-corrected chi connectivity index (χ1v) is 13.2. The fraction of sp³-hybridized carbons (Fsp3) is 0.219. The van der Waals surface area contributed by atoms with Gasteiger partial charge in [0.25, 0.3) is 0 Å². The lowest BCUT2D eigenvalue weighted by molar-refractivity contribution is -0.132. The van der Waals surface area contributed by atoms with Crippen molar-refractivity contribution in [2.45, 2.75) is 31.6 Å². The van der Waals surface area contributed by atoms with E-state index in [2.05, 4.69) is 4.98 Å². The molecular weight excluding hydrogens is 492 g/mol. The highest BCUT2D eigenvalue weighted by atomic mass is 16.3. The van der Waals surface area contributed by atoms with Gasteiger partial charge in [0.05, 0.1) is 5.52 Å². The lowest BCUT2D eigenvalue weighted by atomic mass is 9.84. The molecule has 0 bridgehead atoms. The number of piperidine rings is 1. The van der Waals surface area contributed by atoms with Crippen LogP contribution in [0.3, 0.4) is 0 Å². The lowest BCUT2D eigenvalue weighted by Gasteiger charge is -2.29. The van der Waals surface area contributed by atoms with E-state index in [9.17, 15) is 19.8 Å². The Morgan fingerprint density at radius 2 is 1.67 bits per heavy atom. The van der Waals surface area contributed by atoms with Crippen molar-refractivity contribution in [3.63, 3.8) is 0 Å². The molecule has 0 spiro atoms. The number of pyridine rings is 1. The number of amides is 1. The highest BCUT2D eigenvalue weighted by molar-refractivity contribution is 5.92. The number of fused-ring (bicyclic) bond motifs is 2. The van der Waals surface area contributed by atoms with E-state index in [1.807, 2.05) is 65.6 Å². The summed E-state index contributed by atoms with van der Waals surface area (Å²) in [5, 5.41) is 22.8. The summed E-state index contributed by atoms with van der Waals surface area (Å²) in [6, 6.07) is 21.1. The van der Waals surface area contributed by atoms with Crippen LogP contribution in [0.2, 0.25) is 0 Å². The van der Waals surface area contributed by atoms with Gasteiger partial charge in [-0.15, -0.1) is 0 Å². The fourth-order valence-electron chi connectivity index (χ4n) is 5.64. The van der Waals surface area contributed by atoms with Crippen molar-refractivity contribution in [1.82, 2.24) is 9.88 Å². The fourth-order valence-corrected chi connectivity index (χ4v) is 5.64. The maximum absolute atomic E-state index is 13.6. The number of rotatable bonds is 5. The molecule has 0 saturated carbocycles. The zero-order valence-electron chi connectivity index (χ0n) is 21.3. The number of likely N-dealkylation sites (tertiary alicyclic amines) is 1. The zero-order chi connectivity index (χ0) is 26.9. The third kappa shape index (κ3) is 4.61. The Balaban J connectivity index is 1.61. The Kier molecular flexibility index (Phi) is 6.49. The highest BCUT2D eigenvalue weighted by Gasteiger charge is 2.31. The van der Waals surface area contributed by atoms with Crippen molar-refractivity contribution >= 4 is 27.8 Å². The highest BCUT2D eigenvalue weighted by Crippen LogP contribution is 2.44. The number of aromatic nitrogens is 1. The molecule has 2 aromatic heterocycles. The second kappa shape index (κ2) is 10.3. The van der Waals surface area contributed by atoms with Crippen molar-refractivity contribution in [3.8, 4) is 22.8 Å². The Bertz CT molecular complexity index is 1730. The molecule has 1 fully saturated rings. The first-order valence-electron chi connectivity index (χ1n) is 13.2. The minimum Gasteiger partial charge on any atom is -0.507 e. The van der Waals surface area contributed by atoms with Crippen molar-refractivity contribution < 1.29 is 19.4 Å². The third-order valence-corrected chi connectivity index (χ3v) is 7.55. The summed E-state index contributed by atoms with van der Waals surface area (Å²) < 4.78 is 6.30. The number of phenolic OH excluding ortho intramolecular Hbond substituents is 2. The largest absolute Gasteiger partial charge is 0.507 e. The number of carbonyl (C=O) groups excluding carboxylic acids is 1. The number of hydrogen-bond donors (Lipinski definition) is 2. The Labute approximate surface area is 225 Å². The molecule has 7 heteroatoms. The number of benzene rings is 3. The predicted octanol–water partition coefficient (Wildman–Crippen LogP) is 5.95. The number of aromatic hydroxyl groups is 2. The Morgan fingerprint density at radius 1 is 0.923 bits per heavy atom. The molecule has 0 unspecified atom stereocenters. The van der Waals surface area contributed by atoms with Crippen molar-refractivity contribution in [2.75, 3.05) is 13.1 Å². The topological polar surface area (TPSA) is 104 Å². The third-order valence-electron chi connectivity index (χ3n) is 7.55. The standard InChI is InChI=1S/C32H28N2O5/c35-25-18-26(36)31-27(37)19-28(20-9-3-1-4-10-20)39-32(31)30(25)23(17-29(38)34-15-7-2-8-16-34)21-13-14-33-24-12-6-5-11-22(21)24/h1,3-6,9-14,18-19,23,35-36H,2,7-8,15-17H2/t23-/m1/s1. The molecule has 1 aliphatic heterocycles. The molecule has 3 aromatic carbocycles. The van der Waals surface area contributed by atoms with Gasteiger partial charge in [-0.3, -0.25) is 14.6 Å². The summed E-state index contributed by atoms with van der Waals surface area (Å²) in [4.78, 5) is 33.3. The number of hydrogen-bond acceptors (Lipinski definition) is 6. The lowest BCUT2D eigenvalue weighted by Crippen LogP contribution is -2.36. The van der Waals surface area contributed by atoms with E-state index in [-0.39, 0.29) is 34.8 Å². The molecule has 2 N–H and O–H groups in total. The molecule has 7 nitrogen and oxygen atoms in total. The minimum atomic E-state index is -0.662. The smallest absolute Gasteiger partial charge is 0.223 e. The monoisotopic (exact) mass is 520 g/mol. The molecule has 1 saturated heterocycles. The summed E-state index contributed by atoms with van der Waals surface area (Å²) in [5.74, 6) is -1.02. The summed E-state index contributed by atoms with van der Waals surface area (Å²) in [7, 11) is 0. The molecule has 0 radical (unpaired) electrons. The molecule has 1 amide bonds. The van der Waals surface area contributed by atoms with Crippen LogP contribution < -0.4 is 5.43 Å². The van der Waals surface area contributed by atoms with Crippen molar-refractivity contribution in [3.05, 3.63) is 100 Å². The zero-order valence-corrected chi connectivity index (χ0v) is 21.3.